The third kappa shape index (κ3) is 3.64. The first kappa shape index (κ1) is 13.7. The lowest BCUT2D eigenvalue weighted by Gasteiger charge is -2.11. The van der Waals surface area contributed by atoms with E-state index in [2.05, 4.69) is 4.74 Å². The Morgan fingerprint density at radius 3 is 2.47 bits per heavy atom. The van der Waals surface area contributed by atoms with Crippen molar-refractivity contribution >= 4 is 11.6 Å². The van der Waals surface area contributed by atoms with Crippen molar-refractivity contribution < 1.29 is 17.9 Å². The topological polar surface area (TPSA) is 9.23 Å². The minimum Gasteiger partial charge on any atom is -0.406 e. The Morgan fingerprint density at radius 2 is 1.79 bits per heavy atom. The maximum atomic E-state index is 12.2. The van der Waals surface area contributed by atoms with Crippen molar-refractivity contribution in [3.05, 3.63) is 53.1 Å². The molecule has 0 atom stereocenters. The molecular weight excluding hydrogens is 277 g/mol. The largest absolute Gasteiger partial charge is 0.573 e. The van der Waals surface area contributed by atoms with Crippen LogP contribution in [0.3, 0.4) is 0 Å². The second-order valence-electron chi connectivity index (χ2n) is 4.03. The number of rotatable bonds is 2. The monoisotopic (exact) mass is 286 g/mol. The normalized spacial score (nSPS) is 11.4. The average Bonchev–Trinajstić information content (AvgIpc) is 2.30. The molecule has 0 aromatic heterocycles. The van der Waals surface area contributed by atoms with Crippen LogP contribution in [0.25, 0.3) is 11.1 Å². The van der Waals surface area contributed by atoms with Gasteiger partial charge in [0.1, 0.15) is 5.75 Å². The lowest BCUT2D eigenvalue weighted by atomic mass is 10.0. The molecular formula is C14H10ClF3O. The van der Waals surface area contributed by atoms with Crippen LogP contribution in [-0.4, -0.2) is 6.36 Å². The average molecular weight is 287 g/mol. The lowest BCUT2D eigenvalue weighted by Crippen LogP contribution is -2.17. The second-order valence-corrected chi connectivity index (χ2v) is 4.47. The number of alkyl halides is 3. The smallest absolute Gasteiger partial charge is 0.406 e. The van der Waals surface area contributed by atoms with Crippen molar-refractivity contribution in [1.82, 2.24) is 0 Å². The van der Waals surface area contributed by atoms with Gasteiger partial charge in [0.15, 0.2) is 0 Å². The van der Waals surface area contributed by atoms with Crippen LogP contribution in [0, 0.1) is 6.92 Å². The summed E-state index contributed by atoms with van der Waals surface area (Å²) in [5.74, 6) is -0.246. The summed E-state index contributed by atoms with van der Waals surface area (Å²) in [7, 11) is 0. The summed E-state index contributed by atoms with van der Waals surface area (Å²) in [6, 6.07) is 11.1. The fourth-order valence-corrected chi connectivity index (χ4v) is 1.94. The van der Waals surface area contributed by atoms with Gasteiger partial charge < -0.3 is 4.74 Å². The Kier molecular flexibility index (Phi) is 3.71. The van der Waals surface area contributed by atoms with Gasteiger partial charge in [-0.15, -0.1) is 13.2 Å². The predicted molar refractivity (Wildman–Crippen MR) is 68.3 cm³/mol. The zero-order valence-corrected chi connectivity index (χ0v) is 10.7. The van der Waals surface area contributed by atoms with Crippen LogP contribution in [0.5, 0.6) is 5.75 Å². The molecule has 19 heavy (non-hydrogen) atoms. The van der Waals surface area contributed by atoms with Crippen LogP contribution in [0.15, 0.2) is 42.5 Å². The molecule has 0 aliphatic heterocycles. The fraction of sp³-hybridized carbons (Fsp3) is 0.143. The molecule has 100 valence electrons. The summed E-state index contributed by atoms with van der Waals surface area (Å²) in [4.78, 5) is 0. The highest BCUT2D eigenvalue weighted by atomic mass is 35.5. The molecule has 2 aromatic carbocycles. The summed E-state index contributed by atoms with van der Waals surface area (Å²) < 4.78 is 40.4. The summed E-state index contributed by atoms with van der Waals surface area (Å²) in [6.07, 6.45) is -4.69. The Balaban J connectivity index is 2.40. The van der Waals surface area contributed by atoms with Gasteiger partial charge in [0, 0.05) is 5.02 Å². The molecule has 0 fully saturated rings. The lowest BCUT2D eigenvalue weighted by molar-refractivity contribution is -0.274. The molecule has 0 radical (unpaired) electrons. The molecule has 0 spiro atoms. The first-order chi connectivity index (χ1) is 8.85. The van der Waals surface area contributed by atoms with Crippen LogP contribution < -0.4 is 4.74 Å². The van der Waals surface area contributed by atoms with E-state index in [-0.39, 0.29) is 5.75 Å². The summed E-state index contributed by atoms with van der Waals surface area (Å²) in [5.41, 5.74) is 2.33. The SMILES string of the molecule is Cc1ccc(Cl)cc1-c1cccc(OC(F)(F)F)c1. The van der Waals surface area contributed by atoms with E-state index in [0.717, 1.165) is 11.1 Å². The third-order valence-electron chi connectivity index (χ3n) is 2.58. The van der Waals surface area contributed by atoms with Gasteiger partial charge in [0.2, 0.25) is 0 Å². The molecule has 5 heteroatoms. The van der Waals surface area contributed by atoms with Gasteiger partial charge in [-0.05, 0) is 47.9 Å². The van der Waals surface area contributed by atoms with Crippen LogP contribution in [0.2, 0.25) is 5.02 Å². The van der Waals surface area contributed by atoms with Crippen LogP contribution >= 0.6 is 11.6 Å². The maximum absolute atomic E-state index is 12.2. The quantitative estimate of drug-likeness (QED) is 0.736. The minimum atomic E-state index is -4.69. The summed E-state index contributed by atoms with van der Waals surface area (Å²) in [6.45, 7) is 1.86. The van der Waals surface area contributed by atoms with Crippen molar-refractivity contribution in [2.45, 2.75) is 13.3 Å². The fourth-order valence-electron chi connectivity index (χ4n) is 1.77. The number of hydrogen-bond donors (Lipinski definition) is 0. The minimum absolute atomic E-state index is 0.246. The van der Waals surface area contributed by atoms with Gasteiger partial charge in [0.25, 0.3) is 0 Å². The van der Waals surface area contributed by atoms with Gasteiger partial charge in [0.05, 0.1) is 0 Å². The number of aryl methyl sites for hydroxylation is 1. The number of halogens is 4. The van der Waals surface area contributed by atoms with Crippen LogP contribution in [0.4, 0.5) is 13.2 Å². The highest BCUT2D eigenvalue weighted by Gasteiger charge is 2.31. The number of hydrogen-bond acceptors (Lipinski definition) is 1. The molecule has 0 bridgehead atoms. The van der Waals surface area contributed by atoms with Crippen LogP contribution in [-0.2, 0) is 0 Å². The number of benzene rings is 2. The standard InChI is InChI=1S/C14H10ClF3O/c1-9-5-6-11(15)8-13(9)10-3-2-4-12(7-10)19-14(16,17)18/h2-8H,1H3. The van der Waals surface area contributed by atoms with Crippen molar-refractivity contribution in [2.75, 3.05) is 0 Å². The Morgan fingerprint density at radius 1 is 1.05 bits per heavy atom. The second kappa shape index (κ2) is 5.13. The Labute approximate surface area is 113 Å². The van der Waals surface area contributed by atoms with E-state index in [1.54, 1.807) is 18.2 Å². The molecule has 0 N–H and O–H groups in total. The molecule has 0 saturated heterocycles. The van der Waals surface area contributed by atoms with E-state index in [4.69, 9.17) is 11.6 Å². The highest BCUT2D eigenvalue weighted by molar-refractivity contribution is 6.30. The summed E-state index contributed by atoms with van der Waals surface area (Å²) >= 11 is 5.90. The van der Waals surface area contributed by atoms with E-state index >= 15 is 0 Å². The molecule has 0 unspecified atom stereocenters. The molecule has 0 heterocycles. The van der Waals surface area contributed by atoms with Gasteiger partial charge in [-0.2, -0.15) is 0 Å². The molecule has 0 aliphatic rings. The van der Waals surface area contributed by atoms with Crippen molar-refractivity contribution in [3.8, 4) is 16.9 Å². The van der Waals surface area contributed by atoms with E-state index < -0.39 is 6.36 Å². The van der Waals surface area contributed by atoms with Crippen molar-refractivity contribution in [2.24, 2.45) is 0 Å². The molecule has 0 amide bonds. The summed E-state index contributed by atoms with van der Waals surface area (Å²) in [5, 5.41) is 0.530. The molecule has 0 aliphatic carbocycles. The molecule has 1 nitrogen and oxygen atoms in total. The van der Waals surface area contributed by atoms with E-state index in [1.165, 1.54) is 18.2 Å². The van der Waals surface area contributed by atoms with Gasteiger partial charge in [-0.3, -0.25) is 0 Å². The van der Waals surface area contributed by atoms with Gasteiger partial charge in [-0.25, -0.2) is 0 Å². The van der Waals surface area contributed by atoms with Crippen LogP contribution in [0.1, 0.15) is 5.56 Å². The van der Waals surface area contributed by atoms with Gasteiger partial charge >= 0.3 is 6.36 Å². The van der Waals surface area contributed by atoms with E-state index in [1.807, 2.05) is 13.0 Å². The van der Waals surface area contributed by atoms with Gasteiger partial charge in [-0.1, -0.05) is 29.8 Å². The number of ether oxygens (including phenoxy) is 1. The Hall–Kier alpha value is -1.68. The zero-order valence-electron chi connectivity index (χ0n) is 9.96. The Bertz CT molecular complexity index is 593. The molecule has 2 rings (SSSR count). The molecule has 0 saturated carbocycles. The third-order valence-corrected chi connectivity index (χ3v) is 2.81. The first-order valence-electron chi connectivity index (χ1n) is 5.47. The predicted octanol–water partition coefficient (Wildman–Crippen LogP) is 5.21. The first-order valence-corrected chi connectivity index (χ1v) is 5.85. The van der Waals surface area contributed by atoms with Crippen molar-refractivity contribution in [1.29, 1.82) is 0 Å². The van der Waals surface area contributed by atoms with E-state index in [9.17, 15) is 13.2 Å². The zero-order chi connectivity index (χ0) is 14.0. The van der Waals surface area contributed by atoms with Crippen molar-refractivity contribution in [3.63, 3.8) is 0 Å². The highest BCUT2D eigenvalue weighted by Crippen LogP contribution is 2.31. The van der Waals surface area contributed by atoms with E-state index in [0.29, 0.717) is 10.6 Å². The maximum Gasteiger partial charge on any atom is 0.573 e. The molecule has 2 aromatic rings.